The van der Waals surface area contributed by atoms with Crippen LogP contribution in [-0.2, 0) is 4.79 Å². The number of hydrogen-bond acceptors (Lipinski definition) is 4. The summed E-state index contributed by atoms with van der Waals surface area (Å²) in [5.41, 5.74) is 4.54. The fraction of sp³-hybridized carbons (Fsp3) is 0.429. The van der Waals surface area contributed by atoms with Crippen molar-refractivity contribution in [3.8, 4) is 11.1 Å². The van der Waals surface area contributed by atoms with Gasteiger partial charge in [0.15, 0.2) is 0 Å². The molecule has 1 atom stereocenters. The summed E-state index contributed by atoms with van der Waals surface area (Å²) < 4.78 is 0. The first-order valence-electron chi connectivity index (χ1n) is 9.41. The summed E-state index contributed by atoms with van der Waals surface area (Å²) in [5.74, 6) is 0.855. The highest BCUT2D eigenvalue weighted by Gasteiger charge is 2.29. The zero-order valence-electron chi connectivity index (χ0n) is 15.1. The van der Waals surface area contributed by atoms with E-state index in [0.29, 0.717) is 5.82 Å². The molecule has 1 saturated heterocycles. The largest absolute Gasteiger partial charge is 0.394 e. The Bertz CT molecular complexity index is 817. The SMILES string of the molecule is Cc1cc(-c2ccnc(NC(=O)C3CC3)c2)ccc1N1CCC[C@H]1CO. The number of amides is 1. The van der Waals surface area contributed by atoms with Crippen LogP contribution in [0.2, 0.25) is 0 Å². The number of pyridine rings is 1. The Morgan fingerprint density at radius 2 is 2.04 bits per heavy atom. The Balaban J connectivity index is 1.56. The summed E-state index contributed by atoms with van der Waals surface area (Å²) in [5, 5.41) is 12.5. The summed E-state index contributed by atoms with van der Waals surface area (Å²) in [6, 6.07) is 10.5. The van der Waals surface area contributed by atoms with Crippen LogP contribution in [0.4, 0.5) is 11.5 Å². The molecule has 26 heavy (non-hydrogen) atoms. The van der Waals surface area contributed by atoms with Crippen molar-refractivity contribution in [3.63, 3.8) is 0 Å². The molecule has 136 valence electrons. The average Bonchev–Trinajstić information content (AvgIpc) is 3.40. The predicted octanol–water partition coefficient (Wildman–Crippen LogP) is 3.37. The van der Waals surface area contributed by atoms with Crippen LogP contribution < -0.4 is 10.2 Å². The monoisotopic (exact) mass is 351 g/mol. The molecule has 2 fully saturated rings. The minimum absolute atomic E-state index is 0.0743. The van der Waals surface area contributed by atoms with E-state index in [1.54, 1.807) is 6.20 Å². The van der Waals surface area contributed by atoms with Crippen molar-refractivity contribution in [1.29, 1.82) is 0 Å². The number of nitrogens with one attached hydrogen (secondary N) is 1. The third-order valence-electron chi connectivity index (χ3n) is 5.39. The van der Waals surface area contributed by atoms with E-state index in [4.69, 9.17) is 0 Å². The van der Waals surface area contributed by atoms with E-state index in [9.17, 15) is 9.90 Å². The summed E-state index contributed by atoms with van der Waals surface area (Å²) >= 11 is 0. The number of rotatable bonds is 5. The molecule has 5 nitrogen and oxygen atoms in total. The maximum atomic E-state index is 12.0. The van der Waals surface area contributed by atoms with Crippen LogP contribution >= 0.6 is 0 Å². The van der Waals surface area contributed by atoms with Gasteiger partial charge in [-0.15, -0.1) is 0 Å². The quantitative estimate of drug-likeness (QED) is 0.867. The summed E-state index contributed by atoms with van der Waals surface area (Å²) in [4.78, 5) is 18.5. The number of carbonyl (C=O) groups is 1. The minimum atomic E-state index is 0.0743. The molecule has 5 heteroatoms. The van der Waals surface area contributed by atoms with Crippen molar-refractivity contribution in [1.82, 2.24) is 4.98 Å². The van der Waals surface area contributed by atoms with Gasteiger partial charge in [0.2, 0.25) is 5.91 Å². The minimum Gasteiger partial charge on any atom is -0.394 e. The van der Waals surface area contributed by atoms with Gasteiger partial charge in [0.05, 0.1) is 12.6 Å². The van der Waals surface area contributed by atoms with Gasteiger partial charge < -0.3 is 15.3 Å². The van der Waals surface area contributed by atoms with Gasteiger partial charge >= 0.3 is 0 Å². The molecular formula is C21H25N3O2. The topological polar surface area (TPSA) is 65.5 Å². The second-order valence-electron chi connectivity index (χ2n) is 7.37. The van der Waals surface area contributed by atoms with E-state index < -0.39 is 0 Å². The number of aromatic nitrogens is 1. The number of anilines is 2. The molecule has 2 N–H and O–H groups in total. The standard InChI is InChI=1S/C21H25N3O2/c1-14-11-16(6-7-19(14)24-10-2-3-18(24)13-25)17-8-9-22-20(12-17)23-21(26)15-4-5-15/h6-9,11-12,15,18,25H,2-5,10,13H2,1H3,(H,22,23,26)/t18-/m0/s1. The number of hydrogen-bond donors (Lipinski definition) is 2. The first-order valence-corrected chi connectivity index (χ1v) is 9.41. The lowest BCUT2D eigenvalue weighted by atomic mass is 10.0. The van der Waals surface area contributed by atoms with Crippen LogP contribution in [0.25, 0.3) is 11.1 Å². The van der Waals surface area contributed by atoms with Crippen molar-refractivity contribution in [3.05, 3.63) is 42.1 Å². The highest BCUT2D eigenvalue weighted by molar-refractivity contribution is 5.93. The number of carbonyl (C=O) groups excluding carboxylic acids is 1. The van der Waals surface area contributed by atoms with E-state index >= 15 is 0 Å². The molecule has 0 spiro atoms. The second kappa shape index (κ2) is 7.08. The van der Waals surface area contributed by atoms with E-state index in [0.717, 1.165) is 43.4 Å². The molecule has 1 amide bonds. The summed E-state index contributed by atoms with van der Waals surface area (Å²) in [6.45, 7) is 3.32. The molecule has 2 heterocycles. The fourth-order valence-electron chi connectivity index (χ4n) is 3.75. The fourth-order valence-corrected chi connectivity index (χ4v) is 3.75. The van der Waals surface area contributed by atoms with Crippen molar-refractivity contribution in [2.75, 3.05) is 23.4 Å². The van der Waals surface area contributed by atoms with Crippen molar-refractivity contribution >= 4 is 17.4 Å². The Kier molecular flexibility index (Phi) is 4.64. The Morgan fingerprint density at radius 3 is 2.77 bits per heavy atom. The maximum absolute atomic E-state index is 12.0. The molecule has 1 aliphatic carbocycles. The zero-order valence-corrected chi connectivity index (χ0v) is 15.1. The molecule has 2 aliphatic rings. The molecule has 0 bridgehead atoms. The molecule has 4 rings (SSSR count). The Hall–Kier alpha value is -2.40. The van der Waals surface area contributed by atoms with Crippen LogP contribution in [0.1, 0.15) is 31.2 Å². The van der Waals surface area contributed by atoms with E-state index in [-0.39, 0.29) is 24.5 Å². The first-order chi connectivity index (χ1) is 12.7. The van der Waals surface area contributed by atoms with E-state index in [1.807, 2.05) is 12.1 Å². The van der Waals surface area contributed by atoms with Crippen LogP contribution in [0, 0.1) is 12.8 Å². The molecule has 1 aliphatic heterocycles. The third-order valence-corrected chi connectivity index (χ3v) is 5.39. The number of aliphatic hydroxyl groups is 1. The van der Waals surface area contributed by atoms with Crippen LogP contribution in [0.3, 0.4) is 0 Å². The van der Waals surface area contributed by atoms with Gasteiger partial charge in [-0.25, -0.2) is 4.98 Å². The summed E-state index contributed by atoms with van der Waals surface area (Å²) in [7, 11) is 0. The van der Waals surface area contributed by atoms with Crippen LogP contribution in [-0.4, -0.2) is 35.2 Å². The third kappa shape index (κ3) is 3.44. The van der Waals surface area contributed by atoms with E-state index in [2.05, 4.69) is 40.3 Å². The average molecular weight is 351 g/mol. The number of benzene rings is 1. The number of aliphatic hydroxyl groups excluding tert-OH is 1. The van der Waals surface area contributed by atoms with Gasteiger partial charge in [0.1, 0.15) is 5.82 Å². The highest BCUT2D eigenvalue weighted by atomic mass is 16.3. The van der Waals surface area contributed by atoms with Gasteiger partial charge in [0.25, 0.3) is 0 Å². The van der Waals surface area contributed by atoms with Gasteiger partial charge in [-0.3, -0.25) is 4.79 Å². The maximum Gasteiger partial charge on any atom is 0.228 e. The van der Waals surface area contributed by atoms with Gasteiger partial charge in [0, 0.05) is 24.3 Å². The molecule has 1 aromatic carbocycles. The second-order valence-corrected chi connectivity index (χ2v) is 7.37. The summed E-state index contributed by atoms with van der Waals surface area (Å²) in [6.07, 6.45) is 5.88. The molecule has 1 saturated carbocycles. The highest BCUT2D eigenvalue weighted by Crippen LogP contribution is 2.33. The van der Waals surface area contributed by atoms with Crippen molar-refractivity contribution < 1.29 is 9.90 Å². The Morgan fingerprint density at radius 1 is 1.23 bits per heavy atom. The molecular weight excluding hydrogens is 326 g/mol. The lowest BCUT2D eigenvalue weighted by Crippen LogP contribution is -2.32. The number of nitrogens with zero attached hydrogens (tertiary/aromatic N) is 2. The van der Waals surface area contributed by atoms with Crippen LogP contribution in [0.15, 0.2) is 36.5 Å². The van der Waals surface area contributed by atoms with Gasteiger partial charge in [-0.05, 0) is 73.6 Å². The molecule has 2 aromatic rings. The van der Waals surface area contributed by atoms with Gasteiger partial charge in [-0.1, -0.05) is 6.07 Å². The molecule has 0 unspecified atom stereocenters. The Labute approximate surface area is 154 Å². The normalized spacial score (nSPS) is 19.6. The predicted molar refractivity (Wildman–Crippen MR) is 103 cm³/mol. The van der Waals surface area contributed by atoms with E-state index in [1.165, 1.54) is 11.3 Å². The zero-order chi connectivity index (χ0) is 18.1. The number of aryl methyl sites for hydroxylation is 1. The lowest BCUT2D eigenvalue weighted by molar-refractivity contribution is -0.117. The van der Waals surface area contributed by atoms with Gasteiger partial charge in [-0.2, -0.15) is 0 Å². The first kappa shape index (κ1) is 17.0. The lowest BCUT2D eigenvalue weighted by Gasteiger charge is -2.27. The molecule has 1 aromatic heterocycles. The smallest absolute Gasteiger partial charge is 0.228 e. The van der Waals surface area contributed by atoms with Crippen LogP contribution in [0.5, 0.6) is 0 Å². The molecule has 0 radical (unpaired) electrons. The van der Waals surface area contributed by atoms with Crippen molar-refractivity contribution in [2.45, 2.75) is 38.6 Å². The van der Waals surface area contributed by atoms with Crippen molar-refractivity contribution in [2.24, 2.45) is 5.92 Å².